The van der Waals surface area contributed by atoms with Gasteiger partial charge in [-0.25, -0.2) is 0 Å². The molecular formula is C108H180BO3P3. The van der Waals surface area contributed by atoms with Crippen LogP contribution in [0.4, 0.5) is 0 Å². The maximum absolute atomic E-state index is 7.17. The zero-order chi connectivity index (χ0) is 82.3. The lowest BCUT2D eigenvalue weighted by Crippen LogP contribution is -2.12. The third kappa shape index (κ3) is 60.7. The molecule has 0 saturated carbocycles. The molecule has 0 saturated heterocycles. The lowest BCUT2D eigenvalue weighted by Gasteiger charge is -2.13. The van der Waals surface area contributed by atoms with Crippen LogP contribution in [0.25, 0.3) is 0 Å². The average molecular weight is 1630 g/mol. The van der Waals surface area contributed by atoms with E-state index < -0.39 is 7.32 Å². The van der Waals surface area contributed by atoms with Crippen LogP contribution < -0.4 is 31.8 Å². The van der Waals surface area contributed by atoms with Crippen molar-refractivity contribution in [3.05, 3.63) is 179 Å². The van der Waals surface area contributed by atoms with E-state index in [0.717, 1.165) is 25.7 Å². The van der Waals surface area contributed by atoms with Gasteiger partial charge in [0.25, 0.3) is 0 Å². The van der Waals surface area contributed by atoms with Crippen LogP contribution >= 0.6 is 25.7 Å². The Morgan fingerprint density at radius 2 is 0.252 bits per heavy atom. The first-order valence-corrected chi connectivity index (χ1v) is 52.6. The smallest absolute Gasteiger partial charge is 0.402 e. The van der Waals surface area contributed by atoms with Crippen LogP contribution in [0.5, 0.6) is 0 Å². The van der Waals surface area contributed by atoms with Gasteiger partial charge < -0.3 is 15.1 Å². The molecule has 6 aromatic carbocycles. The van der Waals surface area contributed by atoms with Gasteiger partial charge in [0.2, 0.25) is 0 Å². The van der Waals surface area contributed by atoms with Gasteiger partial charge in [0.15, 0.2) is 0 Å². The van der Waals surface area contributed by atoms with Crippen molar-refractivity contribution in [3.63, 3.8) is 0 Å². The van der Waals surface area contributed by atoms with E-state index in [1.165, 1.54) is 424 Å². The SMILES string of the molecule is CCCCCCCCCCCCc1ccccc1Pc1ccccc1CCCCCCCCCCCC.CCCCCCCCCCCCc1ccccc1Pc1ccccc1CCCCCCCCCCCC.CCCCCCCCCCCCc1ccccc1Pc1ccccc1CCCCCCCCCCCC.OB(O)O. The van der Waals surface area contributed by atoms with Gasteiger partial charge in [0.05, 0.1) is 0 Å². The van der Waals surface area contributed by atoms with Crippen LogP contribution in [0.1, 0.15) is 460 Å². The zero-order valence-electron chi connectivity index (χ0n) is 75.9. The second-order valence-electron chi connectivity index (χ2n) is 34.3. The lowest BCUT2D eigenvalue weighted by atomic mass is 10.0. The van der Waals surface area contributed by atoms with Crippen LogP contribution in [0, 0.1) is 0 Å². The number of benzene rings is 6. The highest BCUT2D eigenvalue weighted by atomic mass is 31.1. The molecule has 7 heteroatoms. The summed E-state index contributed by atoms with van der Waals surface area (Å²) in [5.74, 6) is 0. The fraction of sp³-hybridized carbons (Fsp3) is 0.667. The Kier molecular flexibility index (Phi) is 73.8. The number of aryl methyl sites for hydroxylation is 6. The van der Waals surface area contributed by atoms with E-state index in [9.17, 15) is 0 Å². The zero-order valence-corrected chi connectivity index (χ0v) is 78.9. The van der Waals surface area contributed by atoms with Crippen LogP contribution in [-0.2, 0) is 38.5 Å². The number of rotatable bonds is 72. The number of unbranched alkanes of at least 4 members (excludes halogenated alkanes) is 54. The van der Waals surface area contributed by atoms with Crippen molar-refractivity contribution in [2.24, 2.45) is 0 Å². The molecule has 0 heterocycles. The maximum atomic E-state index is 7.17. The van der Waals surface area contributed by atoms with Crippen LogP contribution in [0.15, 0.2) is 146 Å². The second kappa shape index (κ2) is 80.3. The summed E-state index contributed by atoms with van der Waals surface area (Å²) in [6, 6.07) is 55.6. The first kappa shape index (κ1) is 106. The van der Waals surface area contributed by atoms with Gasteiger partial charge in [0.1, 0.15) is 0 Å². The van der Waals surface area contributed by atoms with Crippen molar-refractivity contribution in [1.82, 2.24) is 0 Å². The van der Waals surface area contributed by atoms with Gasteiger partial charge >= 0.3 is 7.32 Å². The first-order chi connectivity index (χ1) is 56.8. The van der Waals surface area contributed by atoms with Gasteiger partial charge in [0, 0.05) is 0 Å². The van der Waals surface area contributed by atoms with E-state index >= 15 is 0 Å². The van der Waals surface area contributed by atoms with E-state index in [1.54, 1.807) is 65.2 Å². The number of hydrogen-bond donors (Lipinski definition) is 3. The molecule has 6 aromatic rings. The summed E-state index contributed by atoms with van der Waals surface area (Å²) < 4.78 is 0. The van der Waals surface area contributed by atoms with Crippen LogP contribution in [0.3, 0.4) is 0 Å². The molecule has 0 aliphatic heterocycles. The molecule has 6 rings (SSSR count). The highest BCUT2D eigenvalue weighted by Gasteiger charge is 2.13. The van der Waals surface area contributed by atoms with E-state index in [4.69, 9.17) is 15.1 Å². The molecule has 0 aromatic heterocycles. The molecule has 0 spiro atoms. The minimum atomic E-state index is -2.17. The van der Waals surface area contributed by atoms with Crippen molar-refractivity contribution in [2.75, 3.05) is 0 Å². The molecule has 0 atom stereocenters. The van der Waals surface area contributed by atoms with E-state index in [1.807, 2.05) is 0 Å². The van der Waals surface area contributed by atoms with E-state index in [0.29, 0.717) is 0 Å². The molecule has 115 heavy (non-hydrogen) atoms. The number of hydrogen-bond acceptors (Lipinski definition) is 3. The molecule has 0 aliphatic rings. The Hall–Kier alpha value is -3.45. The van der Waals surface area contributed by atoms with Crippen LogP contribution in [-0.4, -0.2) is 22.4 Å². The summed E-state index contributed by atoms with van der Waals surface area (Å²) in [4.78, 5) is 0. The highest BCUT2D eigenvalue weighted by Crippen LogP contribution is 2.26. The van der Waals surface area contributed by atoms with E-state index in [2.05, 4.69) is 187 Å². The maximum Gasteiger partial charge on any atom is 0.631 e. The minimum absolute atomic E-state index is 0.798. The van der Waals surface area contributed by atoms with Crippen molar-refractivity contribution < 1.29 is 15.1 Å². The molecule has 0 amide bonds. The largest absolute Gasteiger partial charge is 0.631 e. The summed E-state index contributed by atoms with van der Waals surface area (Å²) in [5, 5.41) is 31.0. The molecular weight excluding hydrogens is 1450 g/mol. The molecule has 0 unspecified atom stereocenters. The molecule has 0 fully saturated rings. The lowest BCUT2D eigenvalue weighted by molar-refractivity contribution is 0.278. The fourth-order valence-electron chi connectivity index (χ4n) is 16.4. The topological polar surface area (TPSA) is 60.7 Å². The van der Waals surface area contributed by atoms with Crippen molar-refractivity contribution in [1.29, 1.82) is 0 Å². The van der Waals surface area contributed by atoms with Crippen molar-refractivity contribution in [2.45, 2.75) is 465 Å². The summed E-state index contributed by atoms with van der Waals surface area (Å²) in [7, 11) is 0.226. The Balaban J connectivity index is 0.000000435. The normalized spacial score (nSPS) is 11.1. The fourth-order valence-corrected chi connectivity index (χ4v) is 20.6. The summed E-state index contributed by atoms with van der Waals surface area (Å²) in [6.07, 6.45) is 92.3. The van der Waals surface area contributed by atoms with Crippen LogP contribution in [0.2, 0.25) is 0 Å². The van der Waals surface area contributed by atoms with Gasteiger partial charge in [-0.3, -0.25) is 0 Å². The molecule has 0 aliphatic carbocycles. The van der Waals surface area contributed by atoms with Gasteiger partial charge in [-0.1, -0.05) is 560 Å². The third-order valence-electron chi connectivity index (χ3n) is 23.7. The van der Waals surface area contributed by atoms with Crippen molar-refractivity contribution >= 4 is 64.9 Å². The Bertz CT molecular complexity index is 2540. The Labute approximate surface area is 719 Å². The summed E-state index contributed by atoms with van der Waals surface area (Å²) >= 11 is 0. The quantitative estimate of drug-likeness (QED) is 0.0203. The van der Waals surface area contributed by atoms with Crippen molar-refractivity contribution in [3.8, 4) is 0 Å². The van der Waals surface area contributed by atoms with Gasteiger partial charge in [-0.2, -0.15) is 0 Å². The average Bonchev–Trinajstić information content (AvgIpc) is 0.860. The third-order valence-corrected chi connectivity index (χ3v) is 28.3. The second-order valence-corrected chi connectivity index (χ2v) is 38.2. The Morgan fingerprint density at radius 3 is 0.365 bits per heavy atom. The standard InChI is InChI=1S/3C36H59P.BH3O3/c3*1-3-5-7-9-11-13-15-17-19-21-27-33-29-23-25-31-35(33)37-36-32-26-24-30-34(36)28-22-20-18-16-14-12-10-8-6-4-2;2-1(3)4/h3*23-26,29-32,37H,3-22,27-28H2,1-2H3;2-4H. The highest BCUT2D eigenvalue weighted by molar-refractivity contribution is 7.56. The van der Waals surface area contributed by atoms with Gasteiger partial charge in [-0.15, -0.1) is 0 Å². The predicted octanol–water partition coefficient (Wildman–Crippen LogP) is 31.7. The molecule has 0 bridgehead atoms. The molecule has 3 nitrogen and oxygen atoms in total. The monoisotopic (exact) mass is 1630 g/mol. The first-order valence-electron chi connectivity index (χ1n) is 49.6. The summed E-state index contributed by atoms with van der Waals surface area (Å²) in [6.45, 7) is 13.8. The molecule has 3 N–H and O–H groups in total. The molecule has 0 radical (unpaired) electrons. The minimum Gasteiger partial charge on any atom is -0.402 e. The Morgan fingerprint density at radius 1 is 0.157 bits per heavy atom. The summed E-state index contributed by atoms with van der Waals surface area (Å²) in [5.41, 5.74) is 9.55. The van der Waals surface area contributed by atoms with E-state index in [-0.39, 0.29) is 0 Å². The van der Waals surface area contributed by atoms with Gasteiger partial charge in [-0.05, 0) is 142 Å². The molecule has 648 valence electrons. The predicted molar refractivity (Wildman–Crippen MR) is 527 cm³/mol.